The van der Waals surface area contributed by atoms with Gasteiger partial charge in [0.15, 0.2) is 0 Å². The largest absolute Gasteiger partial charge is 0.0622 e. The molecule has 0 heterocycles. The van der Waals surface area contributed by atoms with E-state index in [1.807, 2.05) is 0 Å². The van der Waals surface area contributed by atoms with Gasteiger partial charge >= 0.3 is 0 Å². The Hall–Kier alpha value is -4.16. The standard InChI is InChI=1S/C33H20/c1-19-27-23-15-5-11-20-13-7-17-25(29(20)23)32(27)31(22-9-3-2-4-10-22)33-26-18-8-14-21-12-6-16-24(28(19)33)30(21)26/h2-18H,1H3. The van der Waals surface area contributed by atoms with E-state index in [9.17, 15) is 0 Å². The van der Waals surface area contributed by atoms with Crippen LogP contribution in [-0.2, 0) is 0 Å². The molecule has 0 unspecified atom stereocenters. The third-order valence-electron chi connectivity index (χ3n) is 7.70. The van der Waals surface area contributed by atoms with Crippen molar-refractivity contribution in [2.45, 2.75) is 6.92 Å². The van der Waals surface area contributed by atoms with E-state index in [1.165, 1.54) is 81.3 Å². The molecule has 0 aromatic heterocycles. The summed E-state index contributed by atoms with van der Waals surface area (Å²) >= 11 is 0. The van der Waals surface area contributed by atoms with E-state index in [1.54, 1.807) is 0 Å². The number of hydrogen-bond donors (Lipinski definition) is 0. The third kappa shape index (κ3) is 2.02. The molecule has 0 saturated carbocycles. The van der Waals surface area contributed by atoms with E-state index in [-0.39, 0.29) is 0 Å². The first kappa shape index (κ1) is 17.4. The highest BCUT2D eigenvalue weighted by Gasteiger charge is 2.24. The molecule has 0 spiro atoms. The maximum atomic E-state index is 2.34. The normalized spacial score (nSPS) is 12.4. The van der Waals surface area contributed by atoms with Crippen molar-refractivity contribution >= 4 is 64.6 Å². The van der Waals surface area contributed by atoms with E-state index in [2.05, 4.69) is 110 Å². The second-order valence-electron chi connectivity index (χ2n) is 9.28. The Balaban J connectivity index is 1.82. The highest BCUT2D eigenvalue weighted by Crippen LogP contribution is 2.52. The minimum Gasteiger partial charge on any atom is -0.0622 e. The van der Waals surface area contributed by atoms with Crippen molar-refractivity contribution in [3.63, 3.8) is 0 Å². The molecule has 8 aromatic rings. The number of aryl methyl sites for hydroxylation is 1. The molecule has 0 radical (unpaired) electrons. The van der Waals surface area contributed by atoms with Gasteiger partial charge in [0.05, 0.1) is 0 Å². The van der Waals surface area contributed by atoms with Gasteiger partial charge in [0.2, 0.25) is 0 Å². The number of rotatable bonds is 1. The first-order valence-corrected chi connectivity index (χ1v) is 11.6. The maximum Gasteiger partial charge on any atom is -0.00108 e. The molecule has 8 aromatic carbocycles. The van der Waals surface area contributed by atoms with E-state index in [0.717, 1.165) is 0 Å². The van der Waals surface area contributed by atoms with Crippen molar-refractivity contribution in [3.05, 3.63) is 109 Å². The Labute approximate surface area is 191 Å². The number of benzene rings is 6. The molecule has 0 aliphatic carbocycles. The fourth-order valence-corrected chi connectivity index (χ4v) is 6.50. The van der Waals surface area contributed by atoms with Crippen molar-refractivity contribution in [1.82, 2.24) is 0 Å². The van der Waals surface area contributed by atoms with Crippen LogP contribution in [0.3, 0.4) is 0 Å². The summed E-state index contributed by atoms with van der Waals surface area (Å²) in [6.07, 6.45) is 0. The van der Waals surface area contributed by atoms with E-state index < -0.39 is 0 Å². The van der Waals surface area contributed by atoms with E-state index in [4.69, 9.17) is 0 Å². The van der Waals surface area contributed by atoms with Crippen LogP contribution in [0.15, 0.2) is 103 Å². The van der Waals surface area contributed by atoms with Gasteiger partial charge in [-0.05, 0) is 88.2 Å². The lowest BCUT2D eigenvalue weighted by molar-refractivity contribution is 1.62. The Morgan fingerprint density at radius 3 is 1.24 bits per heavy atom. The lowest BCUT2D eigenvalue weighted by Crippen LogP contribution is -1.86. The SMILES string of the molecule is Cc1c2c3cccc4cccc(c2c(-c2ccccc2)c2c5cccc6cccc(c12)c65)c43. The zero-order valence-corrected chi connectivity index (χ0v) is 18.3. The first-order chi connectivity index (χ1) is 16.3. The number of fused-ring (bicyclic) bond motifs is 6. The Morgan fingerprint density at radius 2 is 0.788 bits per heavy atom. The van der Waals surface area contributed by atoms with Crippen LogP contribution in [0.4, 0.5) is 0 Å². The minimum absolute atomic E-state index is 1.29. The van der Waals surface area contributed by atoms with Crippen molar-refractivity contribution in [2.75, 3.05) is 0 Å². The van der Waals surface area contributed by atoms with Crippen LogP contribution in [0, 0.1) is 6.92 Å². The average Bonchev–Trinajstić information content (AvgIpc) is 3.38. The Morgan fingerprint density at radius 1 is 0.364 bits per heavy atom. The Bertz CT molecular complexity index is 1870. The molecule has 33 heavy (non-hydrogen) atoms. The van der Waals surface area contributed by atoms with Crippen LogP contribution in [0.25, 0.3) is 75.8 Å². The van der Waals surface area contributed by atoms with Gasteiger partial charge in [0, 0.05) is 0 Å². The predicted octanol–water partition coefficient (Wildman–Crippen LogP) is 9.46. The molecule has 0 atom stereocenters. The average molecular weight is 417 g/mol. The fourth-order valence-electron chi connectivity index (χ4n) is 6.50. The molecule has 0 aliphatic rings. The van der Waals surface area contributed by atoms with Gasteiger partial charge in [0.1, 0.15) is 0 Å². The second-order valence-corrected chi connectivity index (χ2v) is 9.28. The molecule has 152 valence electrons. The molecule has 0 aliphatic heterocycles. The molecule has 0 fully saturated rings. The van der Waals surface area contributed by atoms with Gasteiger partial charge in [-0.3, -0.25) is 0 Å². The summed E-state index contributed by atoms with van der Waals surface area (Å²) in [6, 6.07) is 38.1. The topological polar surface area (TPSA) is 0 Å². The molecule has 0 heteroatoms. The van der Waals surface area contributed by atoms with Gasteiger partial charge in [-0.25, -0.2) is 0 Å². The van der Waals surface area contributed by atoms with Gasteiger partial charge in [-0.15, -0.1) is 0 Å². The van der Waals surface area contributed by atoms with E-state index >= 15 is 0 Å². The summed E-state index contributed by atoms with van der Waals surface area (Å²) in [7, 11) is 0. The summed E-state index contributed by atoms with van der Waals surface area (Å²) in [5.74, 6) is 0. The van der Waals surface area contributed by atoms with Crippen LogP contribution >= 0.6 is 0 Å². The van der Waals surface area contributed by atoms with Gasteiger partial charge in [0.25, 0.3) is 0 Å². The van der Waals surface area contributed by atoms with Crippen LogP contribution < -0.4 is 0 Å². The lowest BCUT2D eigenvalue weighted by Gasteiger charge is -2.12. The molecular weight excluding hydrogens is 396 g/mol. The van der Waals surface area contributed by atoms with Gasteiger partial charge in [-0.2, -0.15) is 0 Å². The van der Waals surface area contributed by atoms with Crippen LogP contribution in [0.5, 0.6) is 0 Å². The summed E-state index contributed by atoms with van der Waals surface area (Å²) in [6.45, 7) is 2.34. The van der Waals surface area contributed by atoms with Crippen molar-refractivity contribution in [1.29, 1.82) is 0 Å². The molecular formula is C33H20. The fraction of sp³-hybridized carbons (Fsp3) is 0.0303. The lowest BCUT2D eigenvalue weighted by atomic mass is 9.90. The van der Waals surface area contributed by atoms with Gasteiger partial charge < -0.3 is 0 Å². The molecule has 0 bridgehead atoms. The summed E-state index contributed by atoms with van der Waals surface area (Å²) in [5.41, 5.74) is 4.06. The highest BCUT2D eigenvalue weighted by molar-refractivity contribution is 6.43. The smallest absolute Gasteiger partial charge is 0.00108 e. The number of hydrogen-bond acceptors (Lipinski definition) is 0. The third-order valence-corrected chi connectivity index (χ3v) is 7.70. The minimum atomic E-state index is 1.29. The van der Waals surface area contributed by atoms with Crippen LogP contribution in [0.2, 0.25) is 0 Å². The zero-order valence-electron chi connectivity index (χ0n) is 18.3. The molecule has 0 amide bonds. The van der Waals surface area contributed by atoms with Crippen molar-refractivity contribution < 1.29 is 0 Å². The summed E-state index contributed by atoms with van der Waals surface area (Å²) in [4.78, 5) is 0. The summed E-state index contributed by atoms with van der Waals surface area (Å²) < 4.78 is 0. The monoisotopic (exact) mass is 416 g/mol. The van der Waals surface area contributed by atoms with E-state index in [0.29, 0.717) is 0 Å². The zero-order chi connectivity index (χ0) is 21.7. The van der Waals surface area contributed by atoms with Crippen molar-refractivity contribution in [2.24, 2.45) is 0 Å². The quantitative estimate of drug-likeness (QED) is 0.250. The molecule has 8 rings (SSSR count). The second kappa shape index (κ2) is 5.99. The highest BCUT2D eigenvalue weighted by atomic mass is 14.3. The summed E-state index contributed by atoms with van der Waals surface area (Å²) in [5, 5.41) is 16.5. The first-order valence-electron chi connectivity index (χ1n) is 11.6. The molecule has 0 saturated heterocycles. The van der Waals surface area contributed by atoms with Crippen molar-refractivity contribution in [3.8, 4) is 11.1 Å². The molecule has 0 nitrogen and oxygen atoms in total. The van der Waals surface area contributed by atoms with Gasteiger partial charge in [-0.1, -0.05) is 103 Å². The maximum absolute atomic E-state index is 2.34. The molecule has 0 N–H and O–H groups in total. The van der Waals surface area contributed by atoms with Crippen LogP contribution in [-0.4, -0.2) is 0 Å². The van der Waals surface area contributed by atoms with Crippen LogP contribution in [0.1, 0.15) is 5.56 Å². The predicted molar refractivity (Wildman–Crippen MR) is 144 cm³/mol. The Kier molecular flexibility index (Phi) is 3.16.